The lowest BCUT2D eigenvalue weighted by Gasteiger charge is -2.18. The van der Waals surface area contributed by atoms with Gasteiger partial charge in [0.1, 0.15) is 0 Å². The fourth-order valence-electron chi connectivity index (χ4n) is 1.76. The van der Waals surface area contributed by atoms with Gasteiger partial charge in [0.15, 0.2) is 0 Å². The minimum absolute atomic E-state index is 0.0470. The minimum atomic E-state index is -0.521. The smallest absolute Gasteiger partial charge is 0.321 e. The van der Waals surface area contributed by atoms with E-state index in [-0.39, 0.29) is 12.5 Å². The molecule has 4 N–H and O–H groups in total. The van der Waals surface area contributed by atoms with Gasteiger partial charge in [0.05, 0.1) is 6.54 Å². The van der Waals surface area contributed by atoms with Crippen molar-refractivity contribution in [2.24, 2.45) is 5.41 Å². The number of rotatable bonds is 5. The molecule has 0 aromatic heterocycles. The van der Waals surface area contributed by atoms with Gasteiger partial charge in [-0.1, -0.05) is 26.8 Å². The Labute approximate surface area is 142 Å². The van der Waals surface area contributed by atoms with Crippen LogP contribution in [0.1, 0.15) is 33.3 Å². The highest BCUT2D eigenvalue weighted by Crippen LogP contribution is 2.22. The number of nitrogens with one attached hydrogen (secondary N) is 4. The highest BCUT2D eigenvalue weighted by atomic mass is 16.2. The van der Waals surface area contributed by atoms with Crippen LogP contribution in [-0.4, -0.2) is 30.9 Å². The number of aryl methyl sites for hydroxylation is 1. The Balaban J connectivity index is 2.68. The van der Waals surface area contributed by atoms with Gasteiger partial charge in [-0.15, -0.1) is 0 Å². The number of anilines is 2. The summed E-state index contributed by atoms with van der Waals surface area (Å²) in [7, 11) is 0. The first kappa shape index (κ1) is 19.5. The Bertz CT molecular complexity index is 621. The van der Waals surface area contributed by atoms with E-state index in [9.17, 15) is 14.4 Å². The van der Waals surface area contributed by atoms with E-state index in [0.29, 0.717) is 17.9 Å². The molecule has 1 aromatic rings. The van der Waals surface area contributed by atoms with E-state index in [4.69, 9.17) is 0 Å². The first-order valence-corrected chi connectivity index (χ1v) is 7.87. The van der Waals surface area contributed by atoms with Gasteiger partial charge in [-0.3, -0.25) is 14.9 Å². The molecule has 1 aromatic carbocycles. The van der Waals surface area contributed by atoms with Gasteiger partial charge in [0, 0.05) is 23.3 Å². The molecular formula is C17H26N4O3. The maximum Gasteiger partial charge on any atom is 0.321 e. The van der Waals surface area contributed by atoms with Gasteiger partial charge < -0.3 is 16.0 Å². The lowest BCUT2D eigenvalue weighted by Crippen LogP contribution is -2.41. The average Bonchev–Trinajstić information content (AvgIpc) is 2.47. The number of amides is 4. The van der Waals surface area contributed by atoms with Crippen LogP contribution in [0.5, 0.6) is 0 Å². The summed E-state index contributed by atoms with van der Waals surface area (Å²) in [5.41, 5.74) is 1.79. The molecule has 7 nitrogen and oxygen atoms in total. The third-order valence-corrected chi connectivity index (χ3v) is 3.21. The van der Waals surface area contributed by atoms with Crippen molar-refractivity contribution in [2.45, 2.75) is 34.6 Å². The predicted octanol–water partition coefficient (Wildman–Crippen LogP) is 2.24. The molecule has 0 bridgehead atoms. The molecule has 0 heterocycles. The fourth-order valence-corrected chi connectivity index (χ4v) is 1.76. The van der Waals surface area contributed by atoms with Crippen LogP contribution in [0, 0.1) is 12.3 Å². The highest BCUT2D eigenvalue weighted by Gasteiger charge is 2.21. The van der Waals surface area contributed by atoms with Crippen LogP contribution in [0.3, 0.4) is 0 Å². The van der Waals surface area contributed by atoms with Gasteiger partial charge in [-0.05, 0) is 31.5 Å². The molecule has 0 saturated heterocycles. The quantitative estimate of drug-likeness (QED) is 0.663. The second-order valence-electron chi connectivity index (χ2n) is 6.50. The molecule has 0 fully saturated rings. The molecule has 0 unspecified atom stereocenters. The lowest BCUT2D eigenvalue weighted by molar-refractivity contribution is -0.123. The SMILES string of the molecule is CCNC(=O)NC(=O)CNc1cc(NC(=O)C(C)(C)C)ccc1C. The Morgan fingerprint density at radius 2 is 1.79 bits per heavy atom. The van der Waals surface area contributed by atoms with E-state index < -0.39 is 17.4 Å². The van der Waals surface area contributed by atoms with E-state index >= 15 is 0 Å². The molecule has 0 saturated carbocycles. The van der Waals surface area contributed by atoms with Crippen molar-refractivity contribution in [3.63, 3.8) is 0 Å². The van der Waals surface area contributed by atoms with Crippen molar-refractivity contribution in [1.29, 1.82) is 0 Å². The number of carbonyl (C=O) groups excluding carboxylic acids is 3. The summed E-state index contributed by atoms with van der Waals surface area (Å²) in [6.07, 6.45) is 0. The topological polar surface area (TPSA) is 99.3 Å². The summed E-state index contributed by atoms with van der Waals surface area (Å²) in [6, 6.07) is 4.90. The lowest BCUT2D eigenvalue weighted by atomic mass is 9.95. The van der Waals surface area contributed by atoms with Crippen LogP contribution >= 0.6 is 0 Å². The standard InChI is InChI=1S/C17H26N4O3/c1-6-18-16(24)21-14(22)10-19-13-9-12(8-7-11(13)2)20-15(23)17(3,4)5/h7-9,19H,6,10H2,1-5H3,(H,20,23)(H2,18,21,22,24). The molecule has 0 spiro atoms. The second-order valence-corrected chi connectivity index (χ2v) is 6.50. The average molecular weight is 334 g/mol. The number of urea groups is 1. The van der Waals surface area contributed by atoms with E-state index in [1.54, 1.807) is 19.1 Å². The molecule has 132 valence electrons. The minimum Gasteiger partial charge on any atom is -0.376 e. The monoisotopic (exact) mass is 334 g/mol. The summed E-state index contributed by atoms with van der Waals surface area (Å²) in [4.78, 5) is 35.0. The van der Waals surface area contributed by atoms with Gasteiger partial charge >= 0.3 is 6.03 Å². The number of hydrogen-bond donors (Lipinski definition) is 4. The Morgan fingerprint density at radius 3 is 2.38 bits per heavy atom. The van der Waals surface area contributed by atoms with Crippen LogP contribution in [0.25, 0.3) is 0 Å². The maximum absolute atomic E-state index is 12.0. The summed E-state index contributed by atoms with van der Waals surface area (Å²) in [5, 5.41) is 10.5. The molecule has 1 rings (SSSR count). The van der Waals surface area contributed by atoms with E-state index in [1.807, 2.05) is 33.8 Å². The van der Waals surface area contributed by atoms with Crippen molar-refractivity contribution in [2.75, 3.05) is 23.7 Å². The van der Waals surface area contributed by atoms with Crippen LogP contribution in [-0.2, 0) is 9.59 Å². The van der Waals surface area contributed by atoms with Crippen molar-refractivity contribution >= 4 is 29.2 Å². The molecule has 4 amide bonds. The molecule has 0 radical (unpaired) electrons. The third kappa shape index (κ3) is 6.28. The van der Waals surface area contributed by atoms with Crippen molar-refractivity contribution < 1.29 is 14.4 Å². The van der Waals surface area contributed by atoms with E-state index in [2.05, 4.69) is 21.3 Å². The van der Waals surface area contributed by atoms with Crippen molar-refractivity contribution in [3.8, 4) is 0 Å². The highest BCUT2D eigenvalue weighted by molar-refractivity contribution is 5.97. The van der Waals surface area contributed by atoms with Crippen LogP contribution in [0.2, 0.25) is 0 Å². The number of carbonyl (C=O) groups is 3. The largest absolute Gasteiger partial charge is 0.376 e. The van der Waals surface area contributed by atoms with Crippen molar-refractivity contribution in [1.82, 2.24) is 10.6 Å². The number of imide groups is 1. The van der Waals surface area contributed by atoms with Crippen molar-refractivity contribution in [3.05, 3.63) is 23.8 Å². The first-order chi connectivity index (χ1) is 11.1. The Morgan fingerprint density at radius 1 is 1.12 bits per heavy atom. The van der Waals surface area contributed by atoms with Crippen LogP contribution in [0.15, 0.2) is 18.2 Å². The normalized spacial score (nSPS) is 10.7. The van der Waals surface area contributed by atoms with Gasteiger partial charge in [0.2, 0.25) is 11.8 Å². The summed E-state index contributed by atoms with van der Waals surface area (Å²) in [6.45, 7) is 9.56. The Hall–Kier alpha value is -2.57. The molecule has 0 aliphatic heterocycles. The second kappa shape index (κ2) is 8.33. The zero-order valence-electron chi connectivity index (χ0n) is 14.9. The molecule has 0 aliphatic carbocycles. The molecular weight excluding hydrogens is 308 g/mol. The predicted molar refractivity (Wildman–Crippen MR) is 95.0 cm³/mol. The third-order valence-electron chi connectivity index (χ3n) is 3.21. The van der Waals surface area contributed by atoms with Crippen LogP contribution in [0.4, 0.5) is 16.2 Å². The first-order valence-electron chi connectivity index (χ1n) is 7.87. The summed E-state index contributed by atoms with van der Waals surface area (Å²) < 4.78 is 0. The van der Waals surface area contributed by atoms with Gasteiger partial charge in [-0.25, -0.2) is 4.79 Å². The Kier molecular flexibility index (Phi) is 6.76. The van der Waals surface area contributed by atoms with E-state index in [0.717, 1.165) is 5.56 Å². The maximum atomic E-state index is 12.0. The van der Waals surface area contributed by atoms with Crippen LogP contribution < -0.4 is 21.3 Å². The zero-order chi connectivity index (χ0) is 18.3. The van der Waals surface area contributed by atoms with Gasteiger partial charge in [0.25, 0.3) is 0 Å². The fraction of sp³-hybridized carbons (Fsp3) is 0.471. The van der Waals surface area contributed by atoms with E-state index in [1.165, 1.54) is 0 Å². The van der Waals surface area contributed by atoms with Gasteiger partial charge in [-0.2, -0.15) is 0 Å². The summed E-state index contributed by atoms with van der Waals surface area (Å²) >= 11 is 0. The number of benzene rings is 1. The molecule has 24 heavy (non-hydrogen) atoms. The zero-order valence-corrected chi connectivity index (χ0v) is 14.9. The molecule has 7 heteroatoms. The number of hydrogen-bond acceptors (Lipinski definition) is 4. The summed E-state index contributed by atoms with van der Waals surface area (Å²) in [5.74, 6) is -0.532. The molecule has 0 aliphatic rings. The molecule has 0 atom stereocenters.